The van der Waals surface area contributed by atoms with Crippen molar-refractivity contribution in [3.63, 3.8) is 0 Å². The van der Waals surface area contributed by atoms with Gasteiger partial charge in [0.05, 0.1) is 13.1 Å². The molecule has 4 rings (SSSR count). The molecule has 0 unspecified atom stereocenters. The summed E-state index contributed by atoms with van der Waals surface area (Å²) in [4.78, 5) is 5.68. The van der Waals surface area contributed by atoms with Gasteiger partial charge in [-0.15, -0.1) is 10.2 Å². The SMILES string of the molecule is FC1(F)CN(c2nccn3c(-c4ccccc4)nnc23)C1. The molecule has 1 aliphatic heterocycles. The van der Waals surface area contributed by atoms with E-state index in [9.17, 15) is 8.78 Å². The van der Waals surface area contributed by atoms with Gasteiger partial charge in [0.2, 0.25) is 5.65 Å². The Bertz CT molecular complexity index is 791. The second kappa shape index (κ2) is 4.21. The van der Waals surface area contributed by atoms with Crippen molar-refractivity contribution >= 4 is 11.5 Å². The zero-order valence-corrected chi connectivity index (χ0v) is 10.9. The molecule has 0 atom stereocenters. The van der Waals surface area contributed by atoms with Gasteiger partial charge in [0.15, 0.2) is 11.6 Å². The average Bonchev–Trinajstić information content (AvgIpc) is 2.89. The van der Waals surface area contributed by atoms with Crippen molar-refractivity contribution in [3.8, 4) is 11.4 Å². The Labute approximate surface area is 118 Å². The molecule has 0 spiro atoms. The molecule has 2 aromatic heterocycles. The lowest BCUT2D eigenvalue weighted by molar-refractivity contribution is -0.0265. The third kappa shape index (κ3) is 1.93. The van der Waals surface area contributed by atoms with Crippen molar-refractivity contribution in [2.45, 2.75) is 5.92 Å². The number of halogens is 2. The van der Waals surface area contributed by atoms with Gasteiger partial charge in [-0.1, -0.05) is 30.3 Å². The molecule has 0 amide bonds. The minimum atomic E-state index is -2.64. The van der Waals surface area contributed by atoms with Crippen LogP contribution in [0.3, 0.4) is 0 Å². The Morgan fingerprint density at radius 1 is 1.05 bits per heavy atom. The van der Waals surface area contributed by atoms with Crippen molar-refractivity contribution in [3.05, 3.63) is 42.7 Å². The van der Waals surface area contributed by atoms with E-state index < -0.39 is 5.92 Å². The van der Waals surface area contributed by atoms with Crippen LogP contribution in [0.1, 0.15) is 0 Å². The fraction of sp³-hybridized carbons (Fsp3) is 0.214. The van der Waals surface area contributed by atoms with Gasteiger partial charge in [0.1, 0.15) is 0 Å². The summed E-state index contributed by atoms with van der Waals surface area (Å²) in [6, 6.07) is 9.59. The fourth-order valence-electron chi connectivity index (χ4n) is 2.48. The Kier molecular flexibility index (Phi) is 2.44. The van der Waals surface area contributed by atoms with Crippen molar-refractivity contribution in [2.24, 2.45) is 0 Å². The normalized spacial score (nSPS) is 17.0. The second-order valence-corrected chi connectivity index (χ2v) is 5.05. The van der Waals surface area contributed by atoms with Crippen LogP contribution in [0.4, 0.5) is 14.6 Å². The van der Waals surface area contributed by atoms with Crippen LogP contribution >= 0.6 is 0 Å². The summed E-state index contributed by atoms with van der Waals surface area (Å²) in [7, 11) is 0. The molecule has 0 N–H and O–H groups in total. The largest absolute Gasteiger partial charge is 0.341 e. The van der Waals surface area contributed by atoms with E-state index in [-0.39, 0.29) is 13.1 Å². The maximum Gasteiger partial charge on any atom is 0.282 e. The molecule has 3 heterocycles. The monoisotopic (exact) mass is 287 g/mol. The molecule has 1 aliphatic rings. The Balaban J connectivity index is 1.80. The zero-order valence-electron chi connectivity index (χ0n) is 10.9. The van der Waals surface area contributed by atoms with Gasteiger partial charge in [-0.3, -0.25) is 4.40 Å². The van der Waals surface area contributed by atoms with Crippen LogP contribution < -0.4 is 4.90 Å². The molecule has 106 valence electrons. The van der Waals surface area contributed by atoms with Crippen LogP contribution in [0.15, 0.2) is 42.7 Å². The number of anilines is 1. The minimum absolute atomic E-state index is 0.326. The van der Waals surface area contributed by atoms with Crippen LogP contribution in [0.5, 0.6) is 0 Å². The summed E-state index contributed by atoms with van der Waals surface area (Å²) >= 11 is 0. The van der Waals surface area contributed by atoms with E-state index in [0.717, 1.165) is 5.56 Å². The molecule has 0 aliphatic carbocycles. The predicted octanol–water partition coefficient (Wildman–Crippen LogP) is 2.25. The molecule has 0 bridgehead atoms. The lowest BCUT2D eigenvalue weighted by Gasteiger charge is -2.39. The van der Waals surface area contributed by atoms with Crippen LogP contribution in [0.2, 0.25) is 0 Å². The molecule has 1 saturated heterocycles. The van der Waals surface area contributed by atoms with Crippen molar-refractivity contribution in [1.29, 1.82) is 0 Å². The number of rotatable bonds is 2. The molecule has 5 nitrogen and oxygen atoms in total. The number of alkyl halides is 2. The van der Waals surface area contributed by atoms with Crippen molar-refractivity contribution in [1.82, 2.24) is 19.6 Å². The van der Waals surface area contributed by atoms with Crippen molar-refractivity contribution < 1.29 is 8.78 Å². The summed E-state index contributed by atoms with van der Waals surface area (Å²) in [6.07, 6.45) is 3.31. The van der Waals surface area contributed by atoms with Crippen LogP contribution in [-0.4, -0.2) is 38.6 Å². The highest BCUT2D eigenvalue weighted by molar-refractivity contribution is 5.69. The van der Waals surface area contributed by atoms with Gasteiger partial charge >= 0.3 is 0 Å². The lowest BCUT2D eigenvalue weighted by atomic mass is 10.1. The van der Waals surface area contributed by atoms with E-state index in [1.807, 2.05) is 30.3 Å². The Morgan fingerprint density at radius 2 is 1.81 bits per heavy atom. The molecular formula is C14H11F2N5. The first-order chi connectivity index (χ1) is 10.1. The number of fused-ring (bicyclic) bond motifs is 1. The standard InChI is InChI=1S/C14H11F2N5/c15-14(16)8-20(9-14)12-13-19-18-11(21(13)7-6-17-12)10-4-2-1-3-5-10/h1-7H,8-9H2. The summed E-state index contributed by atoms with van der Waals surface area (Å²) in [5.74, 6) is -1.53. The van der Waals surface area contributed by atoms with E-state index in [0.29, 0.717) is 17.3 Å². The number of benzene rings is 1. The maximum atomic E-state index is 13.0. The smallest absolute Gasteiger partial charge is 0.282 e. The van der Waals surface area contributed by atoms with E-state index in [4.69, 9.17) is 0 Å². The molecule has 1 fully saturated rings. The van der Waals surface area contributed by atoms with E-state index >= 15 is 0 Å². The first-order valence-corrected chi connectivity index (χ1v) is 6.52. The number of aromatic nitrogens is 4. The highest BCUT2D eigenvalue weighted by atomic mass is 19.3. The molecule has 0 radical (unpaired) electrons. The first kappa shape index (κ1) is 12.2. The number of nitrogens with zero attached hydrogens (tertiary/aromatic N) is 5. The summed E-state index contributed by atoms with van der Waals surface area (Å²) in [5, 5.41) is 8.27. The lowest BCUT2D eigenvalue weighted by Crippen LogP contribution is -2.56. The second-order valence-electron chi connectivity index (χ2n) is 5.05. The number of hydrogen-bond donors (Lipinski definition) is 0. The molecule has 1 aromatic carbocycles. The third-order valence-electron chi connectivity index (χ3n) is 3.48. The van der Waals surface area contributed by atoms with Gasteiger partial charge in [0.25, 0.3) is 5.92 Å². The third-order valence-corrected chi connectivity index (χ3v) is 3.48. The topological polar surface area (TPSA) is 46.3 Å². The Morgan fingerprint density at radius 3 is 2.52 bits per heavy atom. The summed E-state index contributed by atoms with van der Waals surface area (Å²) in [6.45, 7) is -0.652. The molecule has 7 heteroatoms. The molecule has 3 aromatic rings. The van der Waals surface area contributed by atoms with Crippen LogP contribution in [0, 0.1) is 0 Å². The molecule has 0 saturated carbocycles. The summed E-state index contributed by atoms with van der Waals surface area (Å²) in [5.41, 5.74) is 1.41. The molecule has 21 heavy (non-hydrogen) atoms. The van der Waals surface area contributed by atoms with Gasteiger partial charge in [-0.05, 0) is 0 Å². The quantitative estimate of drug-likeness (QED) is 0.725. The first-order valence-electron chi connectivity index (χ1n) is 6.52. The predicted molar refractivity (Wildman–Crippen MR) is 73.4 cm³/mol. The van der Waals surface area contributed by atoms with Gasteiger partial charge < -0.3 is 4.90 Å². The highest BCUT2D eigenvalue weighted by Crippen LogP contribution is 2.32. The van der Waals surface area contributed by atoms with E-state index in [2.05, 4.69) is 15.2 Å². The van der Waals surface area contributed by atoms with E-state index in [1.54, 1.807) is 16.8 Å². The Hall–Kier alpha value is -2.57. The zero-order chi connectivity index (χ0) is 14.4. The highest BCUT2D eigenvalue weighted by Gasteiger charge is 2.45. The van der Waals surface area contributed by atoms with E-state index in [1.165, 1.54) is 4.90 Å². The minimum Gasteiger partial charge on any atom is -0.341 e. The van der Waals surface area contributed by atoms with Gasteiger partial charge in [-0.25, -0.2) is 13.8 Å². The van der Waals surface area contributed by atoms with Gasteiger partial charge in [0, 0.05) is 18.0 Å². The van der Waals surface area contributed by atoms with Crippen molar-refractivity contribution in [2.75, 3.05) is 18.0 Å². The number of hydrogen-bond acceptors (Lipinski definition) is 4. The molecular weight excluding hydrogens is 276 g/mol. The summed E-state index contributed by atoms with van der Waals surface area (Å²) < 4.78 is 27.8. The van der Waals surface area contributed by atoms with Crippen LogP contribution in [-0.2, 0) is 0 Å². The van der Waals surface area contributed by atoms with Gasteiger partial charge in [-0.2, -0.15) is 0 Å². The van der Waals surface area contributed by atoms with Crippen LogP contribution in [0.25, 0.3) is 17.0 Å². The fourth-order valence-corrected chi connectivity index (χ4v) is 2.48. The maximum absolute atomic E-state index is 13.0. The average molecular weight is 287 g/mol.